The Hall–Kier alpha value is -4.98. The lowest BCUT2D eigenvalue weighted by atomic mass is 9.81. The molecule has 1 fully saturated rings. The predicted octanol–water partition coefficient (Wildman–Crippen LogP) is 4.40. The molecule has 14 heteroatoms. The topological polar surface area (TPSA) is 150 Å². The van der Waals surface area contributed by atoms with E-state index in [-0.39, 0.29) is 46.7 Å². The van der Waals surface area contributed by atoms with E-state index in [0.717, 1.165) is 31.0 Å². The van der Waals surface area contributed by atoms with Gasteiger partial charge in [-0.15, -0.1) is 0 Å². The van der Waals surface area contributed by atoms with Crippen LogP contribution in [-0.4, -0.2) is 52.3 Å². The van der Waals surface area contributed by atoms with E-state index >= 15 is 0 Å². The van der Waals surface area contributed by atoms with E-state index in [0.29, 0.717) is 11.3 Å². The maximum absolute atomic E-state index is 14.7. The highest BCUT2D eigenvalue weighted by Gasteiger charge is 2.57. The molecule has 10 nitrogen and oxygen atoms in total. The number of rotatable bonds is 9. The Labute approximate surface area is 253 Å². The average Bonchev–Trinajstić information content (AvgIpc) is 3.51. The molecule has 2 amide bonds. The molecule has 0 saturated heterocycles. The molecular weight excluding hydrogens is 600 g/mol. The van der Waals surface area contributed by atoms with Gasteiger partial charge in [0.25, 0.3) is 5.91 Å². The highest BCUT2D eigenvalue weighted by Crippen LogP contribution is 2.47. The first-order valence-electron chi connectivity index (χ1n) is 13.8. The molecular formula is C31H26F4N4O6. The van der Waals surface area contributed by atoms with E-state index in [1.54, 1.807) is 0 Å². The van der Waals surface area contributed by atoms with E-state index in [9.17, 15) is 32.3 Å². The summed E-state index contributed by atoms with van der Waals surface area (Å²) >= 11 is 0. The molecule has 0 radical (unpaired) electrons. The van der Waals surface area contributed by atoms with Crippen LogP contribution in [0.25, 0.3) is 22.7 Å². The average molecular weight is 627 g/mol. The second-order valence-electron chi connectivity index (χ2n) is 11.1. The number of benzene rings is 2. The summed E-state index contributed by atoms with van der Waals surface area (Å²) in [6, 6.07) is 9.78. The molecule has 0 spiro atoms. The van der Waals surface area contributed by atoms with Gasteiger partial charge in [0, 0.05) is 16.7 Å². The molecule has 2 aliphatic rings. The Morgan fingerprint density at radius 3 is 2.51 bits per heavy atom. The number of halogens is 4. The first-order chi connectivity index (χ1) is 21.3. The summed E-state index contributed by atoms with van der Waals surface area (Å²) in [4.78, 5) is 33.8. The highest BCUT2D eigenvalue weighted by atomic mass is 19.4. The van der Waals surface area contributed by atoms with E-state index in [4.69, 9.17) is 19.6 Å². The number of fused-ring (bicyclic) bond motifs is 1. The number of carbonyl (C=O) groups is 2. The van der Waals surface area contributed by atoms with E-state index < -0.39 is 47.1 Å². The molecule has 3 heterocycles. The van der Waals surface area contributed by atoms with Gasteiger partial charge in [-0.2, -0.15) is 13.2 Å². The molecule has 2 aromatic carbocycles. The smallest absolute Gasteiger partial charge is 0.424 e. The van der Waals surface area contributed by atoms with E-state index in [2.05, 4.69) is 15.3 Å². The van der Waals surface area contributed by atoms with Crippen LogP contribution in [0.2, 0.25) is 0 Å². The number of alkyl halides is 3. The van der Waals surface area contributed by atoms with Gasteiger partial charge in [0.1, 0.15) is 41.3 Å². The first kappa shape index (κ1) is 30.1. The Morgan fingerprint density at radius 2 is 1.89 bits per heavy atom. The number of aromatic nitrogens is 2. The van der Waals surface area contributed by atoms with Crippen molar-refractivity contribution >= 4 is 11.8 Å². The molecule has 6 rings (SSSR count). The number of oxazole rings is 1. The quantitative estimate of drug-likeness (QED) is 0.232. The Balaban J connectivity index is 1.37. The summed E-state index contributed by atoms with van der Waals surface area (Å²) < 4.78 is 74.7. The van der Waals surface area contributed by atoms with Crippen molar-refractivity contribution in [1.82, 2.24) is 15.3 Å². The lowest BCUT2D eigenvalue weighted by Crippen LogP contribution is -2.51. The molecule has 0 bridgehead atoms. The van der Waals surface area contributed by atoms with Gasteiger partial charge in [0.15, 0.2) is 0 Å². The molecule has 2 aromatic heterocycles. The van der Waals surface area contributed by atoms with E-state index in [1.807, 2.05) is 0 Å². The summed E-state index contributed by atoms with van der Waals surface area (Å²) in [5.74, 6) is -1.95. The number of nitrogens with two attached hydrogens (primary N) is 1. The molecule has 234 valence electrons. The Morgan fingerprint density at radius 1 is 1.16 bits per heavy atom. The van der Waals surface area contributed by atoms with Crippen molar-refractivity contribution in [2.24, 2.45) is 5.73 Å². The van der Waals surface area contributed by atoms with Crippen molar-refractivity contribution in [2.75, 3.05) is 13.2 Å². The number of amides is 2. The van der Waals surface area contributed by atoms with Crippen molar-refractivity contribution in [1.29, 1.82) is 0 Å². The van der Waals surface area contributed by atoms with Crippen LogP contribution in [-0.2, 0) is 15.8 Å². The maximum Gasteiger partial charge on any atom is 0.424 e. The highest BCUT2D eigenvalue weighted by molar-refractivity contribution is 5.96. The van der Waals surface area contributed by atoms with Crippen LogP contribution in [0, 0.1) is 5.82 Å². The summed E-state index contributed by atoms with van der Waals surface area (Å²) in [6.45, 7) is -0.270. The lowest BCUT2D eigenvalue weighted by molar-refractivity contribution is -0.265. The summed E-state index contributed by atoms with van der Waals surface area (Å²) in [5, 5.41) is 13.4. The fourth-order valence-electron chi connectivity index (χ4n) is 4.91. The summed E-state index contributed by atoms with van der Waals surface area (Å²) in [6.07, 6.45) is -0.937. The van der Waals surface area contributed by atoms with Crippen LogP contribution in [0.1, 0.15) is 41.4 Å². The van der Waals surface area contributed by atoms with Gasteiger partial charge in [0.05, 0.1) is 30.1 Å². The zero-order valence-electron chi connectivity index (χ0n) is 23.7. The van der Waals surface area contributed by atoms with Crippen LogP contribution >= 0.6 is 0 Å². The molecule has 4 aromatic rings. The van der Waals surface area contributed by atoms with Gasteiger partial charge in [-0.3, -0.25) is 9.59 Å². The first-order valence-corrected chi connectivity index (χ1v) is 13.8. The summed E-state index contributed by atoms with van der Waals surface area (Å²) in [7, 11) is 0. The van der Waals surface area contributed by atoms with Crippen molar-refractivity contribution in [3.05, 3.63) is 83.6 Å². The second kappa shape index (κ2) is 10.9. The maximum atomic E-state index is 14.7. The van der Waals surface area contributed by atoms with Crippen LogP contribution in [0.15, 0.2) is 65.4 Å². The number of ether oxygens (including phenoxy) is 2. The molecule has 4 N–H and O–H groups in total. The van der Waals surface area contributed by atoms with Crippen LogP contribution < -0.4 is 20.5 Å². The van der Waals surface area contributed by atoms with Gasteiger partial charge in [-0.05, 0) is 68.3 Å². The zero-order valence-corrected chi connectivity index (χ0v) is 23.7. The standard InChI is InChI=1S/C31H26F4N4O6/c1-29(28(36)41)15-44-25-21(29)13-23(39-24(25)16-2-5-18(32)6-3-16)30(42,31(33,34)35)14-38-26(40)17-4-9-22(45-19-7-8-19)20(12-17)27-37-10-11-43-27/h2-6,9-13,19,42H,7-8,14-15H2,1H3,(H2,36,41)(H,38,40)/t29-,30?/m0/s1. The predicted molar refractivity (Wildman–Crippen MR) is 150 cm³/mol. The third-order valence-electron chi connectivity index (χ3n) is 7.85. The van der Waals surface area contributed by atoms with Gasteiger partial charge in [-0.1, -0.05) is 0 Å². The van der Waals surface area contributed by atoms with Crippen molar-refractivity contribution < 1.29 is 46.1 Å². The minimum absolute atomic E-state index is 0.00150. The van der Waals surface area contributed by atoms with Gasteiger partial charge in [0.2, 0.25) is 17.4 Å². The number of carbonyl (C=O) groups excluding carboxylic acids is 2. The van der Waals surface area contributed by atoms with Crippen molar-refractivity contribution in [3.63, 3.8) is 0 Å². The normalized spacial score (nSPS) is 18.9. The molecule has 1 aliphatic carbocycles. The minimum Gasteiger partial charge on any atom is -0.490 e. The monoisotopic (exact) mass is 626 g/mol. The minimum atomic E-state index is -5.37. The third kappa shape index (κ3) is 5.45. The van der Waals surface area contributed by atoms with Crippen molar-refractivity contribution in [3.8, 4) is 34.2 Å². The fraction of sp³-hybridized carbons (Fsp3) is 0.290. The fourth-order valence-corrected chi connectivity index (χ4v) is 4.91. The van der Waals surface area contributed by atoms with Crippen molar-refractivity contribution in [2.45, 2.75) is 43.1 Å². The Bertz CT molecular complexity index is 1780. The number of nitrogens with zero attached hydrogens (tertiary/aromatic N) is 2. The number of pyridine rings is 1. The second-order valence-corrected chi connectivity index (χ2v) is 11.1. The SMILES string of the molecule is C[C@]1(C(N)=O)COc2c1cc(C(O)(CNC(=O)c1ccc(OC3CC3)c(-c3ncco3)c1)C(F)(F)F)nc2-c1ccc(F)cc1. The van der Waals surface area contributed by atoms with Crippen LogP contribution in [0.3, 0.4) is 0 Å². The molecule has 1 saturated carbocycles. The number of aliphatic hydroxyl groups is 1. The van der Waals surface area contributed by atoms with Gasteiger partial charge in [-0.25, -0.2) is 14.4 Å². The number of hydrogen-bond donors (Lipinski definition) is 3. The Kier molecular flexibility index (Phi) is 7.26. The molecule has 1 unspecified atom stereocenters. The molecule has 1 aliphatic heterocycles. The molecule has 2 atom stereocenters. The van der Waals surface area contributed by atoms with E-state index in [1.165, 1.54) is 49.7 Å². The number of nitrogens with one attached hydrogen (secondary N) is 1. The zero-order chi connectivity index (χ0) is 32.1. The largest absolute Gasteiger partial charge is 0.490 e. The van der Waals surface area contributed by atoms with Crippen LogP contribution in [0.5, 0.6) is 11.5 Å². The third-order valence-corrected chi connectivity index (χ3v) is 7.85. The summed E-state index contributed by atoms with van der Waals surface area (Å²) in [5.41, 5.74) is -0.446. The number of hydrogen-bond acceptors (Lipinski definition) is 8. The lowest BCUT2D eigenvalue weighted by Gasteiger charge is -2.31. The van der Waals surface area contributed by atoms with Gasteiger partial charge < -0.3 is 30.0 Å². The van der Waals surface area contributed by atoms with Gasteiger partial charge >= 0.3 is 6.18 Å². The molecule has 45 heavy (non-hydrogen) atoms. The number of primary amides is 1. The van der Waals surface area contributed by atoms with Crippen LogP contribution in [0.4, 0.5) is 17.6 Å².